The molecule has 1 N–H and O–H groups in total. The predicted molar refractivity (Wildman–Crippen MR) is 56.5 cm³/mol. The molecule has 0 saturated carbocycles. The van der Waals surface area contributed by atoms with Gasteiger partial charge in [-0.3, -0.25) is 0 Å². The Bertz CT molecular complexity index is 87.7. The van der Waals surface area contributed by atoms with Crippen LogP contribution in [0.5, 0.6) is 0 Å². The minimum atomic E-state index is 0.667. The summed E-state index contributed by atoms with van der Waals surface area (Å²) in [6, 6.07) is 0. The molecule has 0 spiro atoms. The van der Waals surface area contributed by atoms with Crippen molar-refractivity contribution in [1.82, 2.24) is 5.32 Å². The molecule has 1 heterocycles. The van der Waals surface area contributed by atoms with Crippen molar-refractivity contribution in [2.45, 2.75) is 53.4 Å². The molecule has 0 aromatic heterocycles. The van der Waals surface area contributed by atoms with Crippen molar-refractivity contribution >= 4 is 0 Å². The highest BCUT2D eigenvalue weighted by Gasteiger charge is 2.24. The molecule has 1 aliphatic heterocycles. The highest BCUT2D eigenvalue weighted by molar-refractivity contribution is 4.79. The van der Waals surface area contributed by atoms with E-state index in [1.807, 2.05) is 13.8 Å². The third kappa shape index (κ3) is 4.10. The highest BCUT2D eigenvalue weighted by atomic mass is 14.9. The lowest BCUT2D eigenvalue weighted by Crippen LogP contribution is -2.34. The molecular formula is C11H25N. The maximum atomic E-state index is 3.40. The van der Waals surface area contributed by atoms with E-state index in [-0.39, 0.29) is 0 Å². The fourth-order valence-electron chi connectivity index (χ4n) is 1.88. The van der Waals surface area contributed by atoms with Crippen LogP contribution in [0.3, 0.4) is 0 Å². The van der Waals surface area contributed by atoms with Gasteiger partial charge < -0.3 is 5.32 Å². The maximum Gasteiger partial charge on any atom is -0.00437 e. The molecule has 1 saturated heterocycles. The van der Waals surface area contributed by atoms with E-state index < -0.39 is 0 Å². The van der Waals surface area contributed by atoms with Crippen LogP contribution in [0.1, 0.15) is 53.4 Å². The lowest BCUT2D eigenvalue weighted by Gasteiger charge is -2.33. The van der Waals surface area contributed by atoms with Gasteiger partial charge in [-0.1, -0.05) is 34.1 Å². The van der Waals surface area contributed by atoms with E-state index in [4.69, 9.17) is 0 Å². The van der Waals surface area contributed by atoms with Crippen LogP contribution in [-0.2, 0) is 0 Å². The second kappa shape index (κ2) is 6.47. The van der Waals surface area contributed by atoms with Gasteiger partial charge in [0.25, 0.3) is 0 Å². The van der Waals surface area contributed by atoms with Crippen LogP contribution < -0.4 is 5.32 Å². The topological polar surface area (TPSA) is 12.0 Å². The molecule has 1 heteroatoms. The Balaban J connectivity index is 0.000000561. The van der Waals surface area contributed by atoms with Crippen LogP contribution in [-0.4, -0.2) is 13.1 Å². The fraction of sp³-hybridized carbons (Fsp3) is 1.00. The van der Waals surface area contributed by atoms with Crippen molar-refractivity contribution in [3.05, 3.63) is 0 Å². The first-order valence-electron chi connectivity index (χ1n) is 5.47. The molecule has 0 atom stereocenters. The summed E-state index contributed by atoms with van der Waals surface area (Å²) >= 11 is 0. The van der Waals surface area contributed by atoms with Gasteiger partial charge in [0, 0.05) is 0 Å². The first-order chi connectivity index (χ1) is 5.77. The summed E-state index contributed by atoms with van der Waals surface area (Å²) in [6.45, 7) is 11.2. The van der Waals surface area contributed by atoms with Crippen LogP contribution in [0, 0.1) is 5.41 Å². The molecule has 0 bridgehead atoms. The van der Waals surface area contributed by atoms with Gasteiger partial charge in [0.15, 0.2) is 0 Å². The van der Waals surface area contributed by atoms with E-state index >= 15 is 0 Å². The van der Waals surface area contributed by atoms with Crippen molar-refractivity contribution < 1.29 is 0 Å². The van der Waals surface area contributed by atoms with Gasteiger partial charge in [-0.15, -0.1) is 0 Å². The predicted octanol–water partition coefficient (Wildman–Crippen LogP) is 3.20. The van der Waals surface area contributed by atoms with Gasteiger partial charge in [-0.05, 0) is 37.8 Å². The molecule has 12 heavy (non-hydrogen) atoms. The van der Waals surface area contributed by atoms with Crippen LogP contribution in [0.25, 0.3) is 0 Å². The molecule has 1 aliphatic rings. The molecule has 74 valence electrons. The molecule has 0 radical (unpaired) electrons. The van der Waals surface area contributed by atoms with Gasteiger partial charge in [-0.2, -0.15) is 0 Å². The molecule has 1 nitrogen and oxygen atoms in total. The number of rotatable bonds is 2. The SMILES string of the molecule is CC.CCCC1(C)CCNCC1. The van der Waals surface area contributed by atoms with Gasteiger partial charge >= 0.3 is 0 Å². The monoisotopic (exact) mass is 171 g/mol. The van der Waals surface area contributed by atoms with E-state index in [1.165, 1.54) is 38.8 Å². The molecule has 0 aromatic rings. The van der Waals surface area contributed by atoms with Crippen molar-refractivity contribution in [3.63, 3.8) is 0 Å². The van der Waals surface area contributed by atoms with Crippen molar-refractivity contribution in [2.75, 3.05) is 13.1 Å². The summed E-state index contributed by atoms with van der Waals surface area (Å²) < 4.78 is 0. The smallest absolute Gasteiger partial charge is 0.00437 e. The minimum absolute atomic E-state index is 0.667. The lowest BCUT2D eigenvalue weighted by atomic mass is 9.77. The zero-order chi connectivity index (χ0) is 9.45. The number of hydrogen-bond acceptors (Lipinski definition) is 1. The van der Waals surface area contributed by atoms with Crippen LogP contribution >= 0.6 is 0 Å². The summed E-state index contributed by atoms with van der Waals surface area (Å²) in [5.74, 6) is 0. The summed E-state index contributed by atoms with van der Waals surface area (Å²) in [4.78, 5) is 0. The lowest BCUT2D eigenvalue weighted by molar-refractivity contribution is 0.210. The second-order valence-corrected chi connectivity index (χ2v) is 3.81. The van der Waals surface area contributed by atoms with E-state index in [0.717, 1.165) is 0 Å². The number of nitrogens with one attached hydrogen (secondary N) is 1. The average Bonchev–Trinajstić information content (AvgIpc) is 2.09. The van der Waals surface area contributed by atoms with Crippen LogP contribution in [0.2, 0.25) is 0 Å². The number of piperidine rings is 1. The van der Waals surface area contributed by atoms with E-state index in [2.05, 4.69) is 19.2 Å². The molecule has 0 unspecified atom stereocenters. The summed E-state index contributed by atoms with van der Waals surface area (Å²) in [6.07, 6.45) is 5.51. The Hall–Kier alpha value is -0.0400. The van der Waals surface area contributed by atoms with Gasteiger partial charge in [0.1, 0.15) is 0 Å². The third-order valence-electron chi connectivity index (χ3n) is 2.66. The molecule has 0 aliphatic carbocycles. The van der Waals surface area contributed by atoms with Gasteiger partial charge in [0.05, 0.1) is 0 Å². The Morgan fingerprint density at radius 2 is 1.67 bits per heavy atom. The Kier molecular flexibility index (Phi) is 6.45. The van der Waals surface area contributed by atoms with E-state index in [1.54, 1.807) is 0 Å². The van der Waals surface area contributed by atoms with Gasteiger partial charge in [-0.25, -0.2) is 0 Å². The Labute approximate surface area is 77.9 Å². The Morgan fingerprint density at radius 1 is 1.17 bits per heavy atom. The molecule has 0 amide bonds. The van der Waals surface area contributed by atoms with Crippen LogP contribution in [0.4, 0.5) is 0 Å². The first-order valence-corrected chi connectivity index (χ1v) is 5.47. The fourth-order valence-corrected chi connectivity index (χ4v) is 1.88. The van der Waals surface area contributed by atoms with Crippen molar-refractivity contribution in [2.24, 2.45) is 5.41 Å². The highest BCUT2D eigenvalue weighted by Crippen LogP contribution is 2.32. The Morgan fingerprint density at radius 3 is 2.08 bits per heavy atom. The zero-order valence-corrected chi connectivity index (χ0v) is 9.24. The maximum absolute atomic E-state index is 3.40. The molecular weight excluding hydrogens is 146 g/mol. The summed E-state index contributed by atoms with van der Waals surface area (Å²) in [5.41, 5.74) is 0.667. The summed E-state index contributed by atoms with van der Waals surface area (Å²) in [7, 11) is 0. The summed E-state index contributed by atoms with van der Waals surface area (Å²) in [5, 5.41) is 3.40. The molecule has 1 fully saturated rings. The van der Waals surface area contributed by atoms with E-state index in [0.29, 0.717) is 5.41 Å². The zero-order valence-electron chi connectivity index (χ0n) is 9.24. The van der Waals surface area contributed by atoms with Crippen molar-refractivity contribution in [1.29, 1.82) is 0 Å². The minimum Gasteiger partial charge on any atom is -0.317 e. The average molecular weight is 171 g/mol. The second-order valence-electron chi connectivity index (χ2n) is 3.81. The third-order valence-corrected chi connectivity index (χ3v) is 2.66. The van der Waals surface area contributed by atoms with Crippen LogP contribution in [0.15, 0.2) is 0 Å². The van der Waals surface area contributed by atoms with E-state index in [9.17, 15) is 0 Å². The number of hydrogen-bond donors (Lipinski definition) is 1. The quantitative estimate of drug-likeness (QED) is 0.673. The standard InChI is InChI=1S/C9H19N.C2H6/c1-3-4-9(2)5-7-10-8-6-9;1-2/h10H,3-8H2,1-2H3;1-2H3. The van der Waals surface area contributed by atoms with Crippen molar-refractivity contribution in [3.8, 4) is 0 Å². The van der Waals surface area contributed by atoms with Gasteiger partial charge in [0.2, 0.25) is 0 Å². The normalized spacial score (nSPS) is 21.0. The largest absolute Gasteiger partial charge is 0.317 e. The first kappa shape index (κ1) is 12.0. The molecule has 1 rings (SSSR count). The molecule has 0 aromatic carbocycles.